The van der Waals surface area contributed by atoms with E-state index in [9.17, 15) is 0 Å². The number of nitrogens with zero attached hydrogens (tertiary/aromatic N) is 5. The summed E-state index contributed by atoms with van der Waals surface area (Å²) in [5.74, 6) is 1.25. The predicted octanol–water partition coefficient (Wildman–Crippen LogP) is 5.08. The predicted molar refractivity (Wildman–Crippen MR) is 120 cm³/mol. The van der Waals surface area contributed by atoms with Crippen molar-refractivity contribution in [2.75, 3.05) is 11.9 Å². The molecule has 6 nitrogen and oxygen atoms in total. The molecule has 0 aliphatic carbocycles. The Bertz CT molecular complexity index is 1020. The Labute approximate surface area is 181 Å². The van der Waals surface area contributed by atoms with Gasteiger partial charge in [0.15, 0.2) is 0 Å². The SMILES string of the molecule is CC(C)Cc1ccc(CN2CCC[C@H]2c2ccnc(Nc3ccc(C#N)nc3)n2)s1. The summed E-state index contributed by atoms with van der Waals surface area (Å²) in [5.41, 5.74) is 2.21. The van der Waals surface area contributed by atoms with Gasteiger partial charge in [0.05, 0.1) is 23.6 Å². The first-order chi connectivity index (χ1) is 14.6. The van der Waals surface area contributed by atoms with E-state index in [1.807, 2.05) is 35.7 Å². The summed E-state index contributed by atoms with van der Waals surface area (Å²) < 4.78 is 0. The highest BCUT2D eigenvalue weighted by molar-refractivity contribution is 7.11. The van der Waals surface area contributed by atoms with Crippen LogP contribution in [0.5, 0.6) is 0 Å². The average Bonchev–Trinajstić information content (AvgIpc) is 3.38. The number of nitriles is 1. The van der Waals surface area contributed by atoms with E-state index in [1.54, 1.807) is 12.3 Å². The quantitative estimate of drug-likeness (QED) is 0.576. The second kappa shape index (κ2) is 9.33. The number of thiophene rings is 1. The number of nitrogens with one attached hydrogen (secondary N) is 1. The van der Waals surface area contributed by atoms with E-state index in [-0.39, 0.29) is 0 Å². The maximum absolute atomic E-state index is 8.88. The zero-order chi connectivity index (χ0) is 20.9. The first-order valence-electron chi connectivity index (χ1n) is 10.4. The van der Waals surface area contributed by atoms with Gasteiger partial charge in [-0.2, -0.15) is 5.26 Å². The van der Waals surface area contributed by atoms with Crippen molar-refractivity contribution < 1.29 is 0 Å². The molecular weight excluding hydrogens is 392 g/mol. The molecule has 0 radical (unpaired) electrons. The van der Waals surface area contributed by atoms with Crippen molar-refractivity contribution in [3.8, 4) is 6.07 Å². The van der Waals surface area contributed by atoms with Gasteiger partial charge in [0.2, 0.25) is 5.95 Å². The summed E-state index contributed by atoms with van der Waals surface area (Å²) >= 11 is 1.94. The minimum Gasteiger partial charge on any atom is -0.323 e. The van der Waals surface area contributed by atoms with Crippen LogP contribution in [0, 0.1) is 17.2 Å². The Kier molecular flexibility index (Phi) is 6.36. The maximum atomic E-state index is 8.88. The molecule has 1 N–H and O–H groups in total. The van der Waals surface area contributed by atoms with Crippen LogP contribution in [-0.2, 0) is 13.0 Å². The first-order valence-corrected chi connectivity index (χ1v) is 11.2. The Morgan fingerprint density at radius 2 is 2.07 bits per heavy atom. The van der Waals surface area contributed by atoms with Gasteiger partial charge in [0, 0.05) is 22.5 Å². The molecule has 0 amide bonds. The molecule has 1 saturated heterocycles. The van der Waals surface area contributed by atoms with Crippen molar-refractivity contribution in [2.45, 2.75) is 45.7 Å². The van der Waals surface area contributed by atoms with Crippen molar-refractivity contribution in [3.63, 3.8) is 0 Å². The molecule has 1 atom stereocenters. The molecule has 30 heavy (non-hydrogen) atoms. The van der Waals surface area contributed by atoms with Gasteiger partial charge < -0.3 is 5.32 Å². The molecule has 1 aliphatic rings. The summed E-state index contributed by atoms with van der Waals surface area (Å²) in [4.78, 5) is 18.6. The fourth-order valence-corrected chi connectivity index (χ4v) is 5.11. The lowest BCUT2D eigenvalue weighted by molar-refractivity contribution is 0.246. The molecule has 0 bridgehead atoms. The van der Waals surface area contributed by atoms with Gasteiger partial charge in [0.1, 0.15) is 11.8 Å². The van der Waals surface area contributed by atoms with Gasteiger partial charge in [-0.05, 0) is 62.1 Å². The highest BCUT2D eigenvalue weighted by Gasteiger charge is 2.27. The van der Waals surface area contributed by atoms with Crippen LogP contribution in [0.4, 0.5) is 11.6 Å². The molecule has 0 saturated carbocycles. The number of hydrogen-bond acceptors (Lipinski definition) is 7. The third-order valence-electron chi connectivity index (χ3n) is 5.20. The van der Waals surface area contributed by atoms with Gasteiger partial charge in [-0.25, -0.2) is 15.0 Å². The van der Waals surface area contributed by atoms with E-state index in [0.29, 0.717) is 23.6 Å². The smallest absolute Gasteiger partial charge is 0.227 e. The van der Waals surface area contributed by atoms with Gasteiger partial charge >= 0.3 is 0 Å². The lowest BCUT2D eigenvalue weighted by atomic mass is 10.1. The van der Waals surface area contributed by atoms with Gasteiger partial charge in [-0.15, -0.1) is 11.3 Å². The molecule has 154 valence electrons. The molecule has 4 rings (SSSR count). The molecule has 0 spiro atoms. The van der Waals surface area contributed by atoms with E-state index in [1.165, 1.54) is 16.2 Å². The molecular formula is C23H26N6S. The molecule has 7 heteroatoms. The zero-order valence-corrected chi connectivity index (χ0v) is 18.2. The monoisotopic (exact) mass is 418 g/mol. The van der Waals surface area contributed by atoms with Crippen molar-refractivity contribution >= 4 is 23.0 Å². The molecule has 1 fully saturated rings. The van der Waals surface area contributed by atoms with E-state index in [0.717, 1.165) is 37.3 Å². The van der Waals surface area contributed by atoms with Crippen molar-refractivity contribution in [2.24, 2.45) is 5.92 Å². The third kappa shape index (κ3) is 5.02. The molecule has 1 aliphatic heterocycles. The topological polar surface area (TPSA) is 77.7 Å². The standard InChI is InChI=1S/C23H26N6S/c1-16(2)12-19-7-8-20(30-19)15-29-11-3-4-22(29)21-9-10-25-23(28-21)27-18-6-5-17(13-24)26-14-18/h5-10,14,16,22H,3-4,11-12,15H2,1-2H3,(H,25,27,28)/t22-/m0/s1. The van der Waals surface area contributed by atoms with Gasteiger partial charge in [-0.1, -0.05) is 13.8 Å². The number of anilines is 2. The number of likely N-dealkylation sites (tertiary alicyclic amines) is 1. The molecule has 3 aromatic heterocycles. The number of hydrogen-bond donors (Lipinski definition) is 1. The Balaban J connectivity index is 1.45. The number of rotatable bonds is 7. The fourth-order valence-electron chi connectivity index (χ4n) is 3.85. The average molecular weight is 419 g/mol. The van der Waals surface area contributed by atoms with E-state index in [4.69, 9.17) is 10.2 Å². The van der Waals surface area contributed by atoms with E-state index >= 15 is 0 Å². The van der Waals surface area contributed by atoms with Crippen molar-refractivity contribution in [1.82, 2.24) is 19.9 Å². The molecule has 3 aromatic rings. The van der Waals surface area contributed by atoms with E-state index in [2.05, 4.69) is 46.2 Å². The number of pyridine rings is 1. The summed E-state index contributed by atoms with van der Waals surface area (Å²) in [5, 5.41) is 12.1. The zero-order valence-electron chi connectivity index (χ0n) is 17.4. The van der Waals surface area contributed by atoms with Crippen molar-refractivity contribution in [3.05, 3.63) is 63.9 Å². The highest BCUT2D eigenvalue weighted by atomic mass is 32.1. The molecule has 0 unspecified atom stereocenters. The van der Waals surface area contributed by atoms with Crippen LogP contribution in [0.2, 0.25) is 0 Å². The van der Waals surface area contributed by atoms with Gasteiger partial charge in [0.25, 0.3) is 0 Å². The Morgan fingerprint density at radius 1 is 1.20 bits per heavy atom. The summed E-state index contributed by atoms with van der Waals surface area (Å²) in [7, 11) is 0. The van der Waals surface area contributed by atoms with Crippen LogP contribution in [0.3, 0.4) is 0 Å². The summed E-state index contributed by atoms with van der Waals surface area (Å²) in [6.45, 7) is 6.60. The number of aromatic nitrogens is 3. The van der Waals surface area contributed by atoms with Crippen LogP contribution in [0.1, 0.15) is 53.9 Å². The van der Waals surface area contributed by atoms with Crippen LogP contribution in [-0.4, -0.2) is 26.4 Å². The maximum Gasteiger partial charge on any atom is 0.227 e. The minimum atomic E-state index is 0.309. The van der Waals surface area contributed by atoms with Gasteiger partial charge in [-0.3, -0.25) is 4.90 Å². The minimum absolute atomic E-state index is 0.309. The third-order valence-corrected chi connectivity index (χ3v) is 6.29. The normalized spacial score (nSPS) is 16.7. The lowest BCUT2D eigenvalue weighted by Crippen LogP contribution is -2.23. The Morgan fingerprint density at radius 3 is 2.83 bits per heavy atom. The highest BCUT2D eigenvalue weighted by Crippen LogP contribution is 2.34. The van der Waals surface area contributed by atoms with E-state index < -0.39 is 0 Å². The summed E-state index contributed by atoms with van der Waals surface area (Å²) in [6.07, 6.45) is 6.88. The van der Waals surface area contributed by atoms with Crippen LogP contribution < -0.4 is 5.32 Å². The second-order valence-electron chi connectivity index (χ2n) is 8.07. The molecule has 0 aromatic carbocycles. The largest absolute Gasteiger partial charge is 0.323 e. The van der Waals surface area contributed by atoms with Crippen LogP contribution in [0.15, 0.2) is 42.7 Å². The van der Waals surface area contributed by atoms with Crippen LogP contribution in [0.25, 0.3) is 0 Å². The second-order valence-corrected chi connectivity index (χ2v) is 9.32. The molecule has 4 heterocycles. The summed E-state index contributed by atoms with van der Waals surface area (Å²) in [6, 6.07) is 12.4. The first kappa shape index (κ1) is 20.5. The lowest BCUT2D eigenvalue weighted by Gasteiger charge is -2.23. The van der Waals surface area contributed by atoms with Crippen molar-refractivity contribution in [1.29, 1.82) is 5.26 Å². The van der Waals surface area contributed by atoms with Crippen LogP contribution >= 0.6 is 11.3 Å². The Hall–Kier alpha value is -2.82. The fraction of sp³-hybridized carbons (Fsp3) is 0.391.